The van der Waals surface area contributed by atoms with Gasteiger partial charge < -0.3 is 15.5 Å². The zero-order valence-corrected chi connectivity index (χ0v) is 36.4. The molecule has 0 bridgehead atoms. The Bertz CT molecular complexity index is 961. The fraction of sp³-hybridized carbons (Fsp3) is 0.745. The summed E-state index contributed by atoms with van der Waals surface area (Å²) in [5, 5.41) is 23.0. The van der Waals surface area contributed by atoms with Gasteiger partial charge in [-0.2, -0.15) is 0 Å². The fourth-order valence-electron chi connectivity index (χ4n) is 6.83. The minimum atomic E-state index is -0.883. The van der Waals surface area contributed by atoms with Gasteiger partial charge in [-0.15, -0.1) is 0 Å². The van der Waals surface area contributed by atoms with Gasteiger partial charge in [0, 0.05) is 6.42 Å². The lowest BCUT2D eigenvalue weighted by Gasteiger charge is -2.19. The summed E-state index contributed by atoms with van der Waals surface area (Å²) < 4.78 is 0. The third-order valence-electron chi connectivity index (χ3n) is 10.4. The number of amides is 1. The molecule has 2 unspecified atom stereocenters. The van der Waals surface area contributed by atoms with Gasteiger partial charge in [-0.1, -0.05) is 222 Å². The zero-order chi connectivity index (χ0) is 40.0. The Morgan fingerprint density at radius 3 is 1.27 bits per heavy atom. The molecule has 1 amide bonds. The van der Waals surface area contributed by atoms with Gasteiger partial charge in [0.05, 0.1) is 18.8 Å². The first kappa shape index (κ1) is 52.8. The molecule has 0 radical (unpaired) electrons. The third kappa shape index (κ3) is 42.8. The molecule has 55 heavy (non-hydrogen) atoms. The van der Waals surface area contributed by atoms with Crippen LogP contribution in [-0.4, -0.2) is 34.9 Å². The zero-order valence-electron chi connectivity index (χ0n) is 36.4. The van der Waals surface area contributed by atoms with Crippen LogP contribution in [0.15, 0.2) is 72.9 Å². The van der Waals surface area contributed by atoms with E-state index in [0.717, 1.165) is 64.2 Å². The third-order valence-corrected chi connectivity index (χ3v) is 10.4. The predicted octanol–water partition coefficient (Wildman–Crippen LogP) is 15.1. The first-order chi connectivity index (χ1) is 27.2. The van der Waals surface area contributed by atoms with Gasteiger partial charge in [0.2, 0.25) is 5.91 Å². The molecule has 318 valence electrons. The van der Waals surface area contributed by atoms with Crippen molar-refractivity contribution in [1.29, 1.82) is 0 Å². The summed E-state index contributed by atoms with van der Waals surface area (Å²) in [5.41, 5.74) is 0. The molecule has 4 nitrogen and oxygen atoms in total. The molecular weight excluding hydrogens is 675 g/mol. The number of rotatable bonds is 42. The van der Waals surface area contributed by atoms with Crippen LogP contribution in [0.3, 0.4) is 0 Å². The molecule has 2 atom stereocenters. The van der Waals surface area contributed by atoms with E-state index in [1.165, 1.54) is 141 Å². The van der Waals surface area contributed by atoms with E-state index in [1.54, 1.807) is 6.08 Å². The highest BCUT2D eigenvalue weighted by Crippen LogP contribution is 2.16. The number of allylic oxidation sites excluding steroid dienone is 11. The predicted molar refractivity (Wildman–Crippen MR) is 244 cm³/mol. The standard InChI is InChI=1S/C51H91NO3/c1-3-5-7-9-11-13-15-17-19-20-21-22-23-24-25-26-27-28-29-30-31-33-34-36-38-40-42-44-46-50(54)49(48-53)52-51(55)47-45-43-41-39-37-35-32-18-16-14-12-10-8-6-4-2/h6,8,12,14,18,32,36-39,44,46,49-50,53-54H,3-5,7,9-11,13,15-17,19-31,33-35,40-43,45,47-48H2,1-2H3,(H,52,55)/b8-6-,14-12-,32-18-,38-36+,39-37-,46-44+. The average Bonchev–Trinajstić information content (AvgIpc) is 3.19. The van der Waals surface area contributed by atoms with Crippen LogP contribution in [0.4, 0.5) is 0 Å². The molecule has 3 N–H and O–H groups in total. The second-order valence-corrected chi connectivity index (χ2v) is 15.8. The van der Waals surface area contributed by atoms with Crippen LogP contribution in [0.1, 0.15) is 226 Å². The van der Waals surface area contributed by atoms with E-state index in [9.17, 15) is 15.0 Å². The van der Waals surface area contributed by atoms with Crippen molar-refractivity contribution < 1.29 is 15.0 Å². The van der Waals surface area contributed by atoms with Crippen molar-refractivity contribution in [1.82, 2.24) is 5.32 Å². The van der Waals surface area contributed by atoms with Gasteiger partial charge >= 0.3 is 0 Å². The van der Waals surface area contributed by atoms with Crippen LogP contribution in [0, 0.1) is 0 Å². The van der Waals surface area contributed by atoms with Gasteiger partial charge in [-0.05, 0) is 70.6 Å². The first-order valence-electron chi connectivity index (χ1n) is 23.7. The lowest BCUT2D eigenvalue weighted by molar-refractivity contribution is -0.123. The van der Waals surface area contributed by atoms with Crippen LogP contribution in [-0.2, 0) is 4.79 Å². The molecule has 0 aliphatic rings. The first-order valence-corrected chi connectivity index (χ1v) is 23.7. The monoisotopic (exact) mass is 766 g/mol. The van der Waals surface area contributed by atoms with Crippen molar-refractivity contribution in [2.24, 2.45) is 0 Å². The Hall–Kier alpha value is -2.17. The molecule has 0 aliphatic carbocycles. The highest BCUT2D eigenvalue weighted by atomic mass is 16.3. The molecule has 0 saturated heterocycles. The number of carbonyl (C=O) groups is 1. The van der Waals surface area contributed by atoms with E-state index in [0.29, 0.717) is 6.42 Å². The molecule has 0 spiro atoms. The number of carbonyl (C=O) groups excluding carboxylic acids is 1. The Balaban J connectivity index is 3.60. The molecule has 0 aliphatic heterocycles. The average molecular weight is 766 g/mol. The van der Waals surface area contributed by atoms with Crippen LogP contribution in [0.25, 0.3) is 0 Å². The minimum Gasteiger partial charge on any atom is -0.394 e. The lowest BCUT2D eigenvalue weighted by atomic mass is 10.0. The SMILES string of the molecule is CC/C=C\C/C=C\C/C=C\C/C=C\CCCCC(=O)NC(CO)C(O)/C=C/CC/C=C/CCCCCCCCCCCCCCCCCCCCCCCC. The molecule has 4 heteroatoms. The Labute approximate surface area is 342 Å². The number of unbranched alkanes of at least 4 members (excludes halogenated alkanes) is 25. The lowest BCUT2D eigenvalue weighted by Crippen LogP contribution is -2.45. The smallest absolute Gasteiger partial charge is 0.220 e. The number of nitrogens with one attached hydrogen (secondary N) is 1. The molecule has 0 saturated carbocycles. The van der Waals surface area contributed by atoms with E-state index < -0.39 is 12.1 Å². The van der Waals surface area contributed by atoms with E-state index in [4.69, 9.17) is 0 Å². The second kappa shape index (κ2) is 46.2. The molecule has 0 aromatic carbocycles. The number of aliphatic hydroxyl groups is 2. The molecule has 0 rings (SSSR count). The minimum absolute atomic E-state index is 0.116. The Morgan fingerprint density at radius 1 is 0.455 bits per heavy atom. The molecule has 0 heterocycles. The quantitative estimate of drug-likeness (QED) is 0.0428. The number of hydrogen-bond donors (Lipinski definition) is 3. The maximum atomic E-state index is 12.4. The van der Waals surface area contributed by atoms with Crippen molar-refractivity contribution in [3.05, 3.63) is 72.9 Å². The summed E-state index contributed by atoms with van der Waals surface area (Å²) >= 11 is 0. The molecule has 0 fully saturated rings. The van der Waals surface area contributed by atoms with Gasteiger partial charge in [-0.25, -0.2) is 0 Å². The summed E-state index contributed by atoms with van der Waals surface area (Å²) in [5.74, 6) is -0.116. The van der Waals surface area contributed by atoms with Gasteiger partial charge in [0.15, 0.2) is 0 Å². The van der Waals surface area contributed by atoms with E-state index in [1.807, 2.05) is 6.08 Å². The highest BCUT2D eigenvalue weighted by molar-refractivity contribution is 5.76. The van der Waals surface area contributed by atoms with E-state index in [2.05, 4.69) is 79.9 Å². The van der Waals surface area contributed by atoms with Crippen LogP contribution < -0.4 is 5.32 Å². The maximum absolute atomic E-state index is 12.4. The topological polar surface area (TPSA) is 69.6 Å². The highest BCUT2D eigenvalue weighted by Gasteiger charge is 2.17. The summed E-state index contributed by atoms with van der Waals surface area (Å²) in [6.07, 6.45) is 66.1. The summed E-state index contributed by atoms with van der Waals surface area (Å²) in [7, 11) is 0. The summed E-state index contributed by atoms with van der Waals surface area (Å²) in [6, 6.07) is -0.664. The normalized spacial score (nSPS) is 13.6. The molecule has 0 aromatic heterocycles. The van der Waals surface area contributed by atoms with Gasteiger partial charge in [-0.3, -0.25) is 4.79 Å². The van der Waals surface area contributed by atoms with Crippen molar-refractivity contribution in [2.45, 2.75) is 238 Å². The van der Waals surface area contributed by atoms with Gasteiger partial charge in [0.1, 0.15) is 0 Å². The number of aliphatic hydroxyl groups excluding tert-OH is 2. The number of hydrogen-bond acceptors (Lipinski definition) is 3. The van der Waals surface area contributed by atoms with Crippen molar-refractivity contribution >= 4 is 5.91 Å². The largest absolute Gasteiger partial charge is 0.394 e. The summed E-state index contributed by atoms with van der Waals surface area (Å²) in [6.45, 7) is 4.17. The fourth-order valence-corrected chi connectivity index (χ4v) is 6.83. The molecular formula is C51H91NO3. The molecule has 0 aromatic rings. The van der Waals surface area contributed by atoms with Gasteiger partial charge in [0.25, 0.3) is 0 Å². The van der Waals surface area contributed by atoms with E-state index in [-0.39, 0.29) is 12.5 Å². The van der Waals surface area contributed by atoms with Crippen molar-refractivity contribution in [3.63, 3.8) is 0 Å². The van der Waals surface area contributed by atoms with Crippen molar-refractivity contribution in [2.75, 3.05) is 6.61 Å². The maximum Gasteiger partial charge on any atom is 0.220 e. The van der Waals surface area contributed by atoms with Crippen LogP contribution in [0.2, 0.25) is 0 Å². The van der Waals surface area contributed by atoms with Crippen LogP contribution in [0.5, 0.6) is 0 Å². The summed E-state index contributed by atoms with van der Waals surface area (Å²) in [4.78, 5) is 12.4. The Morgan fingerprint density at radius 2 is 0.818 bits per heavy atom. The van der Waals surface area contributed by atoms with Crippen LogP contribution >= 0.6 is 0 Å². The Kier molecular flexibility index (Phi) is 44.4. The van der Waals surface area contributed by atoms with Crippen molar-refractivity contribution in [3.8, 4) is 0 Å². The van der Waals surface area contributed by atoms with E-state index >= 15 is 0 Å². The second-order valence-electron chi connectivity index (χ2n) is 15.8.